The Morgan fingerprint density at radius 2 is 1.82 bits per heavy atom. The first-order chi connectivity index (χ1) is 7.99. The lowest BCUT2D eigenvalue weighted by molar-refractivity contribution is -0.139. The van der Waals surface area contributed by atoms with Gasteiger partial charge in [-0.1, -0.05) is 12.1 Å². The number of amides is 1. The average Bonchev–Trinajstić information content (AvgIpc) is 2.26. The summed E-state index contributed by atoms with van der Waals surface area (Å²) in [5.74, 6) is -0.987. The van der Waals surface area contributed by atoms with Crippen molar-refractivity contribution in [2.24, 2.45) is 11.5 Å². The minimum absolute atomic E-state index is 0.127. The molecule has 90 valence electrons. The molecule has 1 rings (SSSR count). The molecule has 0 saturated carbocycles. The van der Waals surface area contributed by atoms with Crippen LogP contribution in [0.2, 0.25) is 0 Å². The zero-order valence-electron chi connectivity index (χ0n) is 9.47. The third-order valence-corrected chi connectivity index (χ3v) is 1.97. The van der Waals surface area contributed by atoms with Gasteiger partial charge in [-0.2, -0.15) is 0 Å². The second-order valence-electron chi connectivity index (χ2n) is 3.56. The number of hydrogen-bond donors (Lipinski definition) is 2. The molecule has 0 bridgehead atoms. The lowest BCUT2D eigenvalue weighted by atomic mass is 10.1. The van der Waals surface area contributed by atoms with E-state index in [1.165, 1.54) is 6.08 Å². The number of rotatable bonds is 4. The van der Waals surface area contributed by atoms with E-state index in [0.29, 0.717) is 11.3 Å². The molecule has 0 unspecified atom stereocenters. The molecule has 0 atom stereocenters. The van der Waals surface area contributed by atoms with Crippen LogP contribution in [0.4, 0.5) is 0 Å². The topological polar surface area (TPSA) is 95.4 Å². The van der Waals surface area contributed by atoms with Crippen LogP contribution >= 0.6 is 0 Å². The van der Waals surface area contributed by atoms with Crippen LogP contribution in [0.3, 0.4) is 0 Å². The lowest BCUT2D eigenvalue weighted by Gasteiger charge is -2.03. The zero-order chi connectivity index (χ0) is 12.8. The van der Waals surface area contributed by atoms with Gasteiger partial charge < -0.3 is 16.2 Å². The van der Waals surface area contributed by atoms with Crippen molar-refractivity contribution < 1.29 is 14.3 Å². The van der Waals surface area contributed by atoms with Gasteiger partial charge in [0, 0.05) is 17.3 Å². The summed E-state index contributed by atoms with van der Waals surface area (Å²) in [5, 5.41) is 0. The van der Waals surface area contributed by atoms with Crippen molar-refractivity contribution in [3.05, 3.63) is 47.2 Å². The lowest BCUT2D eigenvalue weighted by Crippen LogP contribution is -2.10. The summed E-state index contributed by atoms with van der Waals surface area (Å²) in [6.07, 6.45) is 1.21. The molecule has 1 amide bonds. The number of carbonyl (C=O) groups is 2. The summed E-state index contributed by atoms with van der Waals surface area (Å²) in [6.45, 7) is 1.73. The van der Waals surface area contributed by atoms with Gasteiger partial charge in [0.05, 0.1) is 0 Å². The second-order valence-corrected chi connectivity index (χ2v) is 3.56. The first-order valence-corrected chi connectivity index (χ1v) is 4.98. The van der Waals surface area contributed by atoms with Crippen LogP contribution in [-0.2, 0) is 16.1 Å². The quantitative estimate of drug-likeness (QED) is 0.591. The van der Waals surface area contributed by atoms with Crippen LogP contribution < -0.4 is 11.5 Å². The minimum atomic E-state index is -0.496. The van der Waals surface area contributed by atoms with Gasteiger partial charge in [-0.05, 0) is 24.6 Å². The monoisotopic (exact) mass is 234 g/mol. The summed E-state index contributed by atoms with van der Waals surface area (Å²) in [7, 11) is 0. The molecular weight excluding hydrogens is 220 g/mol. The molecule has 17 heavy (non-hydrogen) atoms. The van der Waals surface area contributed by atoms with Crippen molar-refractivity contribution in [1.82, 2.24) is 0 Å². The molecule has 0 heterocycles. The van der Waals surface area contributed by atoms with Crippen LogP contribution in [0.15, 0.2) is 36.0 Å². The van der Waals surface area contributed by atoms with Crippen molar-refractivity contribution >= 4 is 11.9 Å². The fraction of sp³-hybridized carbons (Fsp3) is 0.167. The Balaban J connectivity index is 2.56. The molecule has 0 aliphatic heterocycles. The predicted octanol–water partition coefficient (Wildman–Crippen LogP) is 0.691. The maximum Gasteiger partial charge on any atom is 0.332 e. The molecule has 0 aromatic heterocycles. The van der Waals surface area contributed by atoms with E-state index in [1.807, 2.05) is 0 Å². The molecule has 0 fully saturated rings. The highest BCUT2D eigenvalue weighted by molar-refractivity contribution is 5.92. The van der Waals surface area contributed by atoms with E-state index in [9.17, 15) is 9.59 Å². The van der Waals surface area contributed by atoms with Gasteiger partial charge in [0.25, 0.3) is 0 Å². The van der Waals surface area contributed by atoms with E-state index in [2.05, 4.69) is 0 Å². The number of carbonyl (C=O) groups excluding carboxylic acids is 2. The van der Waals surface area contributed by atoms with Crippen molar-refractivity contribution in [1.29, 1.82) is 0 Å². The van der Waals surface area contributed by atoms with Crippen molar-refractivity contribution in [2.75, 3.05) is 0 Å². The Kier molecular flexibility index (Phi) is 4.28. The number of nitrogens with two attached hydrogens (primary N) is 2. The summed E-state index contributed by atoms with van der Waals surface area (Å²) >= 11 is 0. The Bertz CT molecular complexity index is 445. The zero-order valence-corrected chi connectivity index (χ0v) is 9.47. The summed E-state index contributed by atoms with van der Waals surface area (Å²) in [6, 6.07) is 6.50. The maximum absolute atomic E-state index is 11.1. The van der Waals surface area contributed by atoms with E-state index in [1.54, 1.807) is 31.2 Å². The predicted molar refractivity (Wildman–Crippen MR) is 62.7 cm³/mol. The average molecular weight is 234 g/mol. The van der Waals surface area contributed by atoms with E-state index in [4.69, 9.17) is 16.2 Å². The fourth-order valence-electron chi connectivity index (χ4n) is 1.15. The Morgan fingerprint density at radius 3 is 2.29 bits per heavy atom. The van der Waals surface area contributed by atoms with Crippen molar-refractivity contribution in [2.45, 2.75) is 13.5 Å². The summed E-state index contributed by atoms with van der Waals surface area (Å²) < 4.78 is 4.93. The minimum Gasteiger partial charge on any atom is -0.458 e. The van der Waals surface area contributed by atoms with Crippen LogP contribution in [0.25, 0.3) is 0 Å². The Labute approximate surface area is 99.0 Å². The number of benzene rings is 1. The van der Waals surface area contributed by atoms with Crippen molar-refractivity contribution in [3.8, 4) is 0 Å². The van der Waals surface area contributed by atoms with Crippen LogP contribution in [0.1, 0.15) is 22.8 Å². The Morgan fingerprint density at radius 1 is 1.24 bits per heavy atom. The second kappa shape index (κ2) is 5.69. The van der Waals surface area contributed by atoms with E-state index >= 15 is 0 Å². The van der Waals surface area contributed by atoms with Crippen LogP contribution in [0, 0.1) is 0 Å². The van der Waals surface area contributed by atoms with Crippen molar-refractivity contribution in [3.63, 3.8) is 0 Å². The molecule has 0 radical (unpaired) electrons. The number of primary amides is 1. The SMILES string of the molecule is C/C(N)=C/C(=O)OCc1ccc(C(N)=O)cc1. The van der Waals surface area contributed by atoms with Gasteiger partial charge in [-0.15, -0.1) is 0 Å². The van der Waals surface area contributed by atoms with Crippen LogP contribution in [0.5, 0.6) is 0 Å². The molecule has 0 aliphatic rings. The molecule has 4 N–H and O–H groups in total. The largest absolute Gasteiger partial charge is 0.458 e. The third kappa shape index (κ3) is 4.38. The molecular formula is C12H14N2O3. The molecule has 1 aromatic carbocycles. The normalized spacial score (nSPS) is 11.0. The number of ether oxygens (including phenoxy) is 1. The van der Waals surface area contributed by atoms with E-state index in [0.717, 1.165) is 5.56 Å². The molecule has 0 saturated heterocycles. The number of esters is 1. The summed E-state index contributed by atoms with van der Waals surface area (Å²) in [4.78, 5) is 22.0. The fourth-order valence-corrected chi connectivity index (χ4v) is 1.15. The number of allylic oxidation sites excluding steroid dienone is 1. The number of hydrogen-bond acceptors (Lipinski definition) is 4. The van der Waals surface area contributed by atoms with Gasteiger partial charge in [0.1, 0.15) is 6.61 Å². The highest BCUT2D eigenvalue weighted by Gasteiger charge is 2.02. The molecule has 5 heteroatoms. The Hall–Kier alpha value is -2.30. The third-order valence-electron chi connectivity index (χ3n) is 1.97. The van der Waals surface area contributed by atoms with Gasteiger partial charge in [0.2, 0.25) is 5.91 Å². The molecule has 0 aliphatic carbocycles. The highest BCUT2D eigenvalue weighted by Crippen LogP contribution is 2.05. The van der Waals surface area contributed by atoms with E-state index < -0.39 is 11.9 Å². The van der Waals surface area contributed by atoms with Gasteiger partial charge in [-0.25, -0.2) is 4.79 Å². The van der Waals surface area contributed by atoms with Gasteiger partial charge >= 0.3 is 5.97 Å². The molecule has 5 nitrogen and oxygen atoms in total. The molecule has 0 spiro atoms. The maximum atomic E-state index is 11.1. The van der Waals surface area contributed by atoms with Gasteiger partial charge in [0.15, 0.2) is 0 Å². The molecule has 1 aromatic rings. The highest BCUT2D eigenvalue weighted by atomic mass is 16.5. The van der Waals surface area contributed by atoms with E-state index in [-0.39, 0.29) is 6.61 Å². The first-order valence-electron chi connectivity index (χ1n) is 4.98. The standard InChI is InChI=1S/C12H14N2O3/c1-8(13)6-11(15)17-7-9-2-4-10(5-3-9)12(14)16/h2-6H,7,13H2,1H3,(H2,14,16)/b8-6-. The van der Waals surface area contributed by atoms with Crippen LogP contribution in [-0.4, -0.2) is 11.9 Å². The van der Waals surface area contributed by atoms with Gasteiger partial charge in [-0.3, -0.25) is 4.79 Å². The summed E-state index contributed by atoms with van der Waals surface area (Å²) in [5.41, 5.74) is 12.0. The smallest absolute Gasteiger partial charge is 0.332 e. The first kappa shape index (κ1) is 12.8.